The Morgan fingerprint density at radius 2 is 1.80 bits per heavy atom. The van der Waals surface area contributed by atoms with E-state index in [-0.39, 0.29) is 0 Å². The van der Waals surface area contributed by atoms with Crippen molar-refractivity contribution in [2.24, 2.45) is 5.92 Å². The van der Waals surface area contributed by atoms with Gasteiger partial charge in [0.2, 0.25) is 0 Å². The molecule has 1 aliphatic heterocycles. The van der Waals surface area contributed by atoms with Gasteiger partial charge in [-0.3, -0.25) is 4.90 Å². The van der Waals surface area contributed by atoms with Crippen LogP contribution in [0.2, 0.25) is 0 Å². The minimum Gasteiger partial charge on any atom is -0.311 e. The summed E-state index contributed by atoms with van der Waals surface area (Å²) in [6.45, 7) is 13.7. The Bertz CT molecular complexity index is 410. The van der Waals surface area contributed by atoms with Crippen molar-refractivity contribution in [2.75, 3.05) is 13.1 Å². The molecule has 0 amide bonds. The molecule has 20 heavy (non-hydrogen) atoms. The molecule has 0 spiro atoms. The van der Waals surface area contributed by atoms with E-state index in [0.29, 0.717) is 18.1 Å². The van der Waals surface area contributed by atoms with Gasteiger partial charge in [-0.25, -0.2) is 0 Å². The van der Waals surface area contributed by atoms with Crippen LogP contribution in [0.25, 0.3) is 0 Å². The van der Waals surface area contributed by atoms with Crippen LogP contribution >= 0.6 is 0 Å². The van der Waals surface area contributed by atoms with Crippen LogP contribution in [0.1, 0.15) is 51.8 Å². The van der Waals surface area contributed by atoms with Crippen LogP contribution in [0.4, 0.5) is 0 Å². The van der Waals surface area contributed by atoms with E-state index < -0.39 is 0 Å². The molecule has 1 heterocycles. The van der Waals surface area contributed by atoms with Gasteiger partial charge in [-0.2, -0.15) is 0 Å². The van der Waals surface area contributed by atoms with Crippen LogP contribution in [-0.4, -0.2) is 30.1 Å². The van der Waals surface area contributed by atoms with Crippen molar-refractivity contribution in [3.05, 3.63) is 35.4 Å². The first kappa shape index (κ1) is 15.5. The second-order valence-electron chi connectivity index (χ2n) is 6.87. The first-order valence-electron chi connectivity index (χ1n) is 8.05. The summed E-state index contributed by atoms with van der Waals surface area (Å²) in [4.78, 5) is 2.62. The van der Waals surface area contributed by atoms with Crippen LogP contribution in [0, 0.1) is 5.92 Å². The van der Waals surface area contributed by atoms with Gasteiger partial charge in [0.05, 0.1) is 0 Å². The molecule has 0 radical (unpaired) electrons. The van der Waals surface area contributed by atoms with Crippen LogP contribution < -0.4 is 5.32 Å². The van der Waals surface area contributed by atoms with Gasteiger partial charge < -0.3 is 5.32 Å². The summed E-state index contributed by atoms with van der Waals surface area (Å²) in [6, 6.07) is 11.0. The third kappa shape index (κ3) is 3.83. The molecule has 2 nitrogen and oxygen atoms in total. The van der Waals surface area contributed by atoms with Crippen LogP contribution in [0.3, 0.4) is 0 Å². The maximum absolute atomic E-state index is 3.56. The first-order chi connectivity index (χ1) is 9.47. The van der Waals surface area contributed by atoms with Gasteiger partial charge in [-0.1, -0.05) is 38.1 Å². The van der Waals surface area contributed by atoms with E-state index in [0.717, 1.165) is 19.0 Å². The molecule has 2 rings (SSSR count). The van der Waals surface area contributed by atoms with Crippen molar-refractivity contribution in [2.45, 2.75) is 59.2 Å². The average Bonchev–Trinajstić information content (AvgIpc) is 2.41. The fourth-order valence-electron chi connectivity index (χ4n) is 3.18. The zero-order valence-electron chi connectivity index (χ0n) is 13.7. The van der Waals surface area contributed by atoms with E-state index in [1.54, 1.807) is 0 Å². The number of hydrogen-bond donors (Lipinski definition) is 1. The third-order valence-electron chi connectivity index (χ3n) is 4.42. The number of rotatable bonds is 4. The summed E-state index contributed by atoms with van der Waals surface area (Å²) in [7, 11) is 0. The topological polar surface area (TPSA) is 15.3 Å². The summed E-state index contributed by atoms with van der Waals surface area (Å²) in [6.07, 6.45) is 1.18. The molecule has 0 saturated carbocycles. The Morgan fingerprint density at radius 3 is 2.40 bits per heavy atom. The Hall–Kier alpha value is -0.860. The van der Waals surface area contributed by atoms with Crippen LogP contribution in [0.5, 0.6) is 0 Å². The molecule has 1 aromatic rings. The predicted octanol–water partition coefficient (Wildman–Crippen LogP) is 3.63. The van der Waals surface area contributed by atoms with Gasteiger partial charge in [0.1, 0.15) is 0 Å². The summed E-state index contributed by atoms with van der Waals surface area (Å²) in [5.74, 6) is 0.729. The van der Waals surface area contributed by atoms with Crippen molar-refractivity contribution < 1.29 is 0 Å². The van der Waals surface area contributed by atoms with Crippen molar-refractivity contribution in [1.29, 1.82) is 0 Å². The Labute approximate surface area is 124 Å². The highest BCUT2D eigenvalue weighted by Crippen LogP contribution is 2.25. The molecular weight excluding hydrogens is 244 g/mol. The van der Waals surface area contributed by atoms with E-state index in [1.807, 2.05) is 0 Å². The molecule has 1 saturated heterocycles. The van der Waals surface area contributed by atoms with E-state index in [1.165, 1.54) is 17.5 Å². The Balaban J connectivity index is 2.06. The highest BCUT2D eigenvalue weighted by Gasteiger charge is 2.26. The Morgan fingerprint density at radius 1 is 1.15 bits per heavy atom. The lowest BCUT2D eigenvalue weighted by Crippen LogP contribution is -2.54. The van der Waals surface area contributed by atoms with E-state index in [2.05, 4.69) is 69.1 Å². The van der Waals surface area contributed by atoms with Gasteiger partial charge in [0.25, 0.3) is 0 Å². The molecule has 112 valence electrons. The minimum absolute atomic E-state index is 0.502. The number of piperazine rings is 1. The maximum Gasteiger partial charge on any atom is 0.0323 e. The smallest absolute Gasteiger partial charge is 0.0323 e. The second kappa shape index (κ2) is 6.73. The summed E-state index contributed by atoms with van der Waals surface area (Å²) < 4.78 is 0. The number of nitrogens with zero attached hydrogens (tertiary/aromatic N) is 1. The fourth-order valence-corrected chi connectivity index (χ4v) is 3.18. The van der Waals surface area contributed by atoms with Crippen LogP contribution in [0.15, 0.2) is 24.3 Å². The predicted molar refractivity (Wildman–Crippen MR) is 87.0 cm³/mol. The van der Waals surface area contributed by atoms with Crippen molar-refractivity contribution in [3.8, 4) is 0 Å². The van der Waals surface area contributed by atoms with Gasteiger partial charge in [0, 0.05) is 31.2 Å². The van der Waals surface area contributed by atoms with E-state index in [9.17, 15) is 0 Å². The molecule has 1 aromatic carbocycles. The molecule has 0 aliphatic carbocycles. The number of nitrogens with one attached hydrogen (secondary N) is 1. The maximum atomic E-state index is 3.56. The van der Waals surface area contributed by atoms with Crippen LogP contribution in [-0.2, 0) is 6.42 Å². The zero-order valence-corrected chi connectivity index (χ0v) is 13.7. The molecule has 0 bridgehead atoms. The zero-order chi connectivity index (χ0) is 14.7. The SMILES string of the molecule is CC(C)Cc1ccc(C(C)N2CC(C)NCC2C)cc1. The fraction of sp³-hybridized carbons (Fsp3) is 0.667. The molecule has 1 fully saturated rings. The molecule has 2 heteroatoms. The molecule has 1 N–H and O–H groups in total. The molecule has 3 atom stereocenters. The standard InChI is InChI=1S/C18H30N2/c1-13(2)10-17-6-8-18(9-7-17)16(5)20-12-14(3)19-11-15(20)4/h6-9,13-16,19H,10-12H2,1-5H3. The lowest BCUT2D eigenvalue weighted by atomic mass is 9.98. The van der Waals surface area contributed by atoms with Crippen molar-refractivity contribution in [1.82, 2.24) is 10.2 Å². The van der Waals surface area contributed by atoms with Gasteiger partial charge in [-0.05, 0) is 44.2 Å². The summed E-state index contributed by atoms with van der Waals surface area (Å²) >= 11 is 0. The van der Waals surface area contributed by atoms with Gasteiger partial charge >= 0.3 is 0 Å². The molecular formula is C18H30N2. The quantitative estimate of drug-likeness (QED) is 0.902. The molecule has 0 aromatic heterocycles. The lowest BCUT2D eigenvalue weighted by molar-refractivity contribution is 0.103. The number of hydrogen-bond acceptors (Lipinski definition) is 2. The molecule has 1 aliphatic rings. The third-order valence-corrected chi connectivity index (χ3v) is 4.42. The van der Waals surface area contributed by atoms with Crippen molar-refractivity contribution >= 4 is 0 Å². The highest BCUT2D eigenvalue weighted by atomic mass is 15.2. The van der Waals surface area contributed by atoms with E-state index >= 15 is 0 Å². The monoisotopic (exact) mass is 274 g/mol. The highest BCUT2D eigenvalue weighted by molar-refractivity contribution is 5.25. The molecule has 3 unspecified atom stereocenters. The average molecular weight is 274 g/mol. The minimum atomic E-state index is 0.502. The largest absolute Gasteiger partial charge is 0.311 e. The summed E-state index contributed by atoms with van der Waals surface area (Å²) in [5, 5.41) is 3.56. The second-order valence-corrected chi connectivity index (χ2v) is 6.87. The van der Waals surface area contributed by atoms with E-state index in [4.69, 9.17) is 0 Å². The van der Waals surface area contributed by atoms with Gasteiger partial charge in [0.15, 0.2) is 0 Å². The first-order valence-corrected chi connectivity index (χ1v) is 8.05. The normalized spacial score (nSPS) is 25.9. The summed E-state index contributed by atoms with van der Waals surface area (Å²) in [5.41, 5.74) is 2.90. The Kier molecular flexibility index (Phi) is 5.22. The van der Waals surface area contributed by atoms with Crippen molar-refractivity contribution in [3.63, 3.8) is 0 Å². The number of benzene rings is 1. The lowest BCUT2D eigenvalue weighted by Gasteiger charge is -2.41. The van der Waals surface area contributed by atoms with Gasteiger partial charge in [-0.15, -0.1) is 0 Å².